The highest BCUT2D eigenvalue weighted by atomic mass is 16.3. The number of rotatable bonds is 8. The van der Waals surface area contributed by atoms with E-state index in [1.807, 2.05) is 6.92 Å². The Labute approximate surface area is 85.2 Å². The molecular formula is C10H22O4. The first-order valence-electron chi connectivity index (χ1n) is 5.26. The summed E-state index contributed by atoms with van der Waals surface area (Å²) in [6.07, 6.45) is 0.291. The zero-order valence-corrected chi connectivity index (χ0v) is 8.76. The highest BCUT2D eigenvalue weighted by Crippen LogP contribution is 2.11. The van der Waals surface area contributed by atoms with Crippen LogP contribution in [0.5, 0.6) is 0 Å². The third kappa shape index (κ3) is 6.32. The normalized spacial score (nSPS) is 17.8. The fourth-order valence-electron chi connectivity index (χ4n) is 1.38. The lowest BCUT2D eigenvalue weighted by Crippen LogP contribution is -2.30. The summed E-state index contributed by atoms with van der Waals surface area (Å²) >= 11 is 0. The van der Waals surface area contributed by atoms with Gasteiger partial charge in [-0.2, -0.15) is 0 Å². The Balaban J connectivity index is 3.64. The second kappa shape index (κ2) is 8.17. The van der Waals surface area contributed by atoms with Gasteiger partial charge in [-0.3, -0.25) is 0 Å². The fraction of sp³-hybridized carbons (Fsp3) is 1.00. The highest BCUT2D eigenvalue weighted by Gasteiger charge is 2.18. The first-order valence-corrected chi connectivity index (χ1v) is 5.26. The van der Waals surface area contributed by atoms with E-state index in [1.165, 1.54) is 0 Å². The molecule has 0 aromatic carbocycles. The van der Waals surface area contributed by atoms with Crippen molar-refractivity contribution in [3.63, 3.8) is 0 Å². The molecule has 86 valence electrons. The monoisotopic (exact) mass is 206 g/mol. The molecule has 0 amide bonds. The van der Waals surface area contributed by atoms with Gasteiger partial charge < -0.3 is 20.4 Å². The van der Waals surface area contributed by atoms with Crippen molar-refractivity contribution >= 4 is 0 Å². The minimum atomic E-state index is -0.886. The second-order valence-corrected chi connectivity index (χ2v) is 3.68. The lowest BCUT2D eigenvalue weighted by molar-refractivity contribution is -0.0192. The van der Waals surface area contributed by atoms with Crippen molar-refractivity contribution in [3.8, 4) is 0 Å². The Hall–Kier alpha value is -0.160. The van der Waals surface area contributed by atoms with Gasteiger partial charge >= 0.3 is 0 Å². The molecule has 4 nitrogen and oxygen atoms in total. The lowest BCUT2D eigenvalue weighted by Gasteiger charge is -2.20. The van der Waals surface area contributed by atoms with Crippen molar-refractivity contribution in [2.24, 2.45) is 0 Å². The summed E-state index contributed by atoms with van der Waals surface area (Å²) in [6, 6.07) is 0. The minimum absolute atomic E-state index is 0.0152. The predicted octanol–water partition coefficient (Wildman–Crippen LogP) is 0.0318. The van der Waals surface area contributed by atoms with Crippen LogP contribution < -0.4 is 0 Å². The van der Waals surface area contributed by atoms with E-state index in [-0.39, 0.29) is 13.0 Å². The van der Waals surface area contributed by atoms with Gasteiger partial charge in [-0.15, -0.1) is 0 Å². The smallest absolute Gasteiger partial charge is 0.0823 e. The molecule has 0 bridgehead atoms. The van der Waals surface area contributed by atoms with E-state index in [1.54, 1.807) is 0 Å². The summed E-state index contributed by atoms with van der Waals surface area (Å²) in [5.74, 6) is 0. The average Bonchev–Trinajstić information content (AvgIpc) is 2.14. The van der Waals surface area contributed by atoms with Gasteiger partial charge in [-0.25, -0.2) is 0 Å². The molecule has 0 aliphatic rings. The summed E-state index contributed by atoms with van der Waals surface area (Å²) in [5.41, 5.74) is 0. The van der Waals surface area contributed by atoms with Crippen LogP contribution in [0.3, 0.4) is 0 Å². The Morgan fingerprint density at radius 1 is 1.00 bits per heavy atom. The first-order chi connectivity index (χ1) is 6.61. The van der Waals surface area contributed by atoms with Crippen molar-refractivity contribution in [2.75, 3.05) is 6.61 Å². The first kappa shape index (κ1) is 13.8. The van der Waals surface area contributed by atoms with Gasteiger partial charge in [0.05, 0.1) is 18.3 Å². The highest BCUT2D eigenvalue weighted by molar-refractivity contribution is 4.71. The van der Waals surface area contributed by atoms with Crippen LogP contribution in [0, 0.1) is 0 Å². The van der Waals surface area contributed by atoms with Crippen LogP contribution >= 0.6 is 0 Å². The summed E-state index contributed by atoms with van der Waals surface area (Å²) in [4.78, 5) is 0. The van der Waals surface area contributed by atoms with Crippen molar-refractivity contribution in [3.05, 3.63) is 0 Å². The SMILES string of the molecule is CCCC(O)CC(O)C(O)CCCO. The molecule has 3 unspecified atom stereocenters. The molecule has 0 saturated carbocycles. The van der Waals surface area contributed by atoms with Crippen LogP contribution in [-0.4, -0.2) is 45.3 Å². The van der Waals surface area contributed by atoms with E-state index in [0.29, 0.717) is 19.3 Å². The molecule has 0 aliphatic heterocycles. The third-order valence-corrected chi connectivity index (χ3v) is 2.24. The van der Waals surface area contributed by atoms with Crippen molar-refractivity contribution in [2.45, 2.75) is 57.3 Å². The Morgan fingerprint density at radius 3 is 2.14 bits per heavy atom. The Morgan fingerprint density at radius 2 is 1.64 bits per heavy atom. The van der Waals surface area contributed by atoms with Gasteiger partial charge in [0, 0.05) is 13.0 Å². The number of hydrogen-bond donors (Lipinski definition) is 4. The topological polar surface area (TPSA) is 80.9 Å². The van der Waals surface area contributed by atoms with Crippen molar-refractivity contribution < 1.29 is 20.4 Å². The van der Waals surface area contributed by atoms with E-state index < -0.39 is 18.3 Å². The molecule has 0 aromatic rings. The molecule has 0 spiro atoms. The summed E-state index contributed by atoms with van der Waals surface area (Å²) in [7, 11) is 0. The van der Waals surface area contributed by atoms with Gasteiger partial charge in [0.2, 0.25) is 0 Å². The lowest BCUT2D eigenvalue weighted by atomic mass is 10.0. The molecule has 4 heteroatoms. The van der Waals surface area contributed by atoms with Gasteiger partial charge in [-0.1, -0.05) is 13.3 Å². The van der Waals surface area contributed by atoms with Crippen LogP contribution in [0.25, 0.3) is 0 Å². The number of hydrogen-bond acceptors (Lipinski definition) is 4. The van der Waals surface area contributed by atoms with Crippen molar-refractivity contribution in [1.29, 1.82) is 0 Å². The largest absolute Gasteiger partial charge is 0.396 e. The molecule has 0 heterocycles. The number of aliphatic hydroxyl groups excluding tert-OH is 4. The van der Waals surface area contributed by atoms with Crippen LogP contribution in [0.15, 0.2) is 0 Å². The van der Waals surface area contributed by atoms with E-state index >= 15 is 0 Å². The molecule has 3 atom stereocenters. The molecule has 0 rings (SSSR count). The van der Waals surface area contributed by atoms with Crippen LogP contribution in [0.1, 0.15) is 39.0 Å². The van der Waals surface area contributed by atoms with Gasteiger partial charge in [-0.05, 0) is 19.3 Å². The summed E-state index contributed by atoms with van der Waals surface area (Å²) < 4.78 is 0. The van der Waals surface area contributed by atoms with Gasteiger partial charge in [0.25, 0.3) is 0 Å². The summed E-state index contributed by atoms with van der Waals surface area (Å²) in [5, 5.41) is 36.7. The molecule has 0 aromatic heterocycles. The third-order valence-electron chi connectivity index (χ3n) is 2.24. The second-order valence-electron chi connectivity index (χ2n) is 3.68. The molecule has 0 fully saturated rings. The zero-order chi connectivity index (χ0) is 11.0. The van der Waals surface area contributed by atoms with E-state index in [4.69, 9.17) is 5.11 Å². The number of aliphatic hydroxyl groups is 4. The molecule has 0 radical (unpaired) electrons. The summed E-state index contributed by atoms with van der Waals surface area (Å²) in [6.45, 7) is 1.97. The fourth-order valence-corrected chi connectivity index (χ4v) is 1.38. The standard InChI is InChI=1S/C10H22O4/c1-2-4-8(12)7-10(14)9(13)5-3-6-11/h8-14H,2-7H2,1H3. The Kier molecular flexibility index (Phi) is 8.08. The zero-order valence-electron chi connectivity index (χ0n) is 8.76. The quantitative estimate of drug-likeness (QED) is 0.452. The van der Waals surface area contributed by atoms with Crippen LogP contribution in [-0.2, 0) is 0 Å². The maximum absolute atomic E-state index is 9.45. The maximum atomic E-state index is 9.45. The minimum Gasteiger partial charge on any atom is -0.396 e. The molecular weight excluding hydrogens is 184 g/mol. The molecule has 14 heavy (non-hydrogen) atoms. The molecule has 0 saturated heterocycles. The molecule has 4 N–H and O–H groups in total. The van der Waals surface area contributed by atoms with Gasteiger partial charge in [0.1, 0.15) is 0 Å². The predicted molar refractivity (Wildman–Crippen MR) is 53.9 cm³/mol. The average molecular weight is 206 g/mol. The van der Waals surface area contributed by atoms with E-state index in [9.17, 15) is 15.3 Å². The van der Waals surface area contributed by atoms with E-state index in [2.05, 4.69) is 0 Å². The molecule has 0 aliphatic carbocycles. The van der Waals surface area contributed by atoms with Crippen LogP contribution in [0.2, 0.25) is 0 Å². The van der Waals surface area contributed by atoms with Gasteiger partial charge in [0.15, 0.2) is 0 Å². The van der Waals surface area contributed by atoms with Crippen LogP contribution in [0.4, 0.5) is 0 Å². The van der Waals surface area contributed by atoms with E-state index in [0.717, 1.165) is 6.42 Å². The maximum Gasteiger partial charge on any atom is 0.0823 e. The van der Waals surface area contributed by atoms with Crippen molar-refractivity contribution in [1.82, 2.24) is 0 Å². The Bertz CT molecular complexity index is 129.